The maximum Gasteiger partial charge on any atom is 0.251 e. The van der Waals surface area contributed by atoms with E-state index in [1.807, 2.05) is 6.92 Å². The number of aryl methyl sites for hydroxylation is 1. The smallest absolute Gasteiger partial charge is 0.251 e. The third-order valence-electron chi connectivity index (χ3n) is 5.12. The molecule has 0 saturated heterocycles. The topological polar surface area (TPSA) is 66.9 Å². The number of benzene rings is 1. The van der Waals surface area contributed by atoms with Crippen molar-refractivity contribution in [1.29, 1.82) is 0 Å². The predicted octanol–water partition coefficient (Wildman–Crippen LogP) is 3.20. The van der Waals surface area contributed by atoms with Gasteiger partial charge in [0.1, 0.15) is 11.6 Å². The molecule has 1 heterocycles. The van der Waals surface area contributed by atoms with Gasteiger partial charge in [-0.05, 0) is 67.5 Å². The van der Waals surface area contributed by atoms with Gasteiger partial charge < -0.3 is 10.6 Å². The maximum absolute atomic E-state index is 13.0. The molecule has 0 spiro atoms. The van der Waals surface area contributed by atoms with Gasteiger partial charge in [0.25, 0.3) is 5.91 Å². The fourth-order valence-electron chi connectivity index (χ4n) is 3.71. The molecule has 0 unspecified atom stereocenters. The Bertz CT molecular complexity index is 813. The van der Waals surface area contributed by atoms with Crippen molar-refractivity contribution in [1.82, 2.24) is 15.3 Å². The van der Waals surface area contributed by atoms with E-state index in [1.54, 1.807) is 6.20 Å². The van der Waals surface area contributed by atoms with E-state index in [0.717, 1.165) is 24.2 Å². The van der Waals surface area contributed by atoms with Crippen LogP contribution in [0.5, 0.6) is 0 Å². The lowest BCUT2D eigenvalue weighted by Crippen LogP contribution is -2.36. The van der Waals surface area contributed by atoms with Crippen molar-refractivity contribution < 1.29 is 9.18 Å². The van der Waals surface area contributed by atoms with E-state index in [9.17, 15) is 9.18 Å². The predicted molar refractivity (Wildman–Crippen MR) is 93.1 cm³/mol. The Labute approximate surface area is 150 Å². The highest BCUT2D eigenvalue weighted by Crippen LogP contribution is 2.52. The summed E-state index contributed by atoms with van der Waals surface area (Å²) in [6.45, 7) is 1.94. The van der Waals surface area contributed by atoms with Crippen molar-refractivity contribution in [3.8, 4) is 0 Å². The van der Waals surface area contributed by atoms with Gasteiger partial charge in [0, 0.05) is 29.4 Å². The molecule has 4 atom stereocenters. The van der Waals surface area contributed by atoms with Crippen LogP contribution in [0.15, 0.2) is 30.5 Å². The molecule has 25 heavy (non-hydrogen) atoms. The number of carbonyl (C=O) groups excluding carboxylic acids is 1. The van der Waals surface area contributed by atoms with E-state index >= 15 is 0 Å². The Balaban J connectivity index is 1.41. The average Bonchev–Trinajstić information content (AvgIpc) is 3.31. The molecule has 2 N–H and O–H groups in total. The lowest BCUT2D eigenvalue weighted by molar-refractivity contribution is 0.0933. The Morgan fingerprint density at radius 2 is 1.92 bits per heavy atom. The first kappa shape index (κ1) is 16.3. The molecule has 7 heteroatoms. The summed E-state index contributed by atoms with van der Waals surface area (Å²) in [5.74, 6) is 1.27. The highest BCUT2D eigenvalue weighted by atomic mass is 35.5. The largest absolute Gasteiger partial charge is 0.367 e. The van der Waals surface area contributed by atoms with Crippen LogP contribution in [0.25, 0.3) is 0 Å². The normalized spacial score (nSPS) is 26.8. The number of hydrogen-bond donors (Lipinski definition) is 2. The zero-order valence-corrected chi connectivity index (χ0v) is 14.4. The van der Waals surface area contributed by atoms with Crippen LogP contribution in [0.2, 0.25) is 5.28 Å². The van der Waals surface area contributed by atoms with Gasteiger partial charge in [-0.2, -0.15) is 0 Å². The second-order valence-electron chi connectivity index (χ2n) is 6.81. The molecule has 4 rings (SSSR count). The van der Waals surface area contributed by atoms with Crippen LogP contribution in [0.1, 0.15) is 28.8 Å². The van der Waals surface area contributed by atoms with Gasteiger partial charge in [-0.3, -0.25) is 4.79 Å². The molecule has 2 aliphatic rings. The van der Waals surface area contributed by atoms with Crippen LogP contribution >= 0.6 is 11.6 Å². The van der Waals surface area contributed by atoms with Crippen LogP contribution in [0.3, 0.4) is 0 Å². The summed E-state index contributed by atoms with van der Waals surface area (Å²) in [5, 5.41) is 6.76. The molecule has 1 aromatic heterocycles. The number of halogens is 2. The minimum Gasteiger partial charge on any atom is -0.367 e. The zero-order valence-electron chi connectivity index (χ0n) is 13.7. The first-order valence-corrected chi connectivity index (χ1v) is 8.71. The van der Waals surface area contributed by atoms with E-state index in [1.165, 1.54) is 24.3 Å². The first-order valence-electron chi connectivity index (χ1n) is 8.33. The van der Waals surface area contributed by atoms with E-state index in [2.05, 4.69) is 20.6 Å². The fourth-order valence-corrected chi connectivity index (χ4v) is 3.84. The van der Waals surface area contributed by atoms with Crippen molar-refractivity contribution in [2.45, 2.75) is 31.8 Å². The van der Waals surface area contributed by atoms with E-state index in [-0.39, 0.29) is 29.1 Å². The van der Waals surface area contributed by atoms with E-state index < -0.39 is 0 Å². The molecule has 0 aliphatic heterocycles. The molecule has 130 valence electrons. The van der Waals surface area contributed by atoms with Gasteiger partial charge in [-0.15, -0.1) is 0 Å². The molecular formula is C18H18ClFN4O. The minimum absolute atomic E-state index is 0.123. The van der Waals surface area contributed by atoms with Gasteiger partial charge >= 0.3 is 0 Å². The second-order valence-corrected chi connectivity index (χ2v) is 7.15. The summed E-state index contributed by atoms with van der Waals surface area (Å²) in [6.07, 6.45) is 3.62. The number of fused-ring (bicyclic) bond motifs is 1. The van der Waals surface area contributed by atoms with E-state index in [0.29, 0.717) is 17.4 Å². The highest BCUT2D eigenvalue weighted by Gasteiger charge is 2.54. The van der Waals surface area contributed by atoms with Gasteiger partial charge in [0.05, 0.1) is 0 Å². The van der Waals surface area contributed by atoms with Crippen LogP contribution in [-0.4, -0.2) is 28.0 Å². The summed E-state index contributed by atoms with van der Waals surface area (Å²) >= 11 is 5.88. The van der Waals surface area contributed by atoms with Crippen molar-refractivity contribution in [2.24, 2.45) is 11.8 Å². The number of nitrogens with zero attached hydrogens (tertiary/aromatic N) is 2. The van der Waals surface area contributed by atoms with Gasteiger partial charge in [0.2, 0.25) is 5.28 Å². The van der Waals surface area contributed by atoms with Crippen LogP contribution < -0.4 is 10.6 Å². The molecule has 0 radical (unpaired) electrons. The summed E-state index contributed by atoms with van der Waals surface area (Å²) in [4.78, 5) is 20.6. The quantitative estimate of drug-likeness (QED) is 0.822. The lowest BCUT2D eigenvalue weighted by Gasteiger charge is -2.20. The number of anilines is 1. The number of nitrogens with one attached hydrogen (secondary N) is 2. The Morgan fingerprint density at radius 1 is 1.20 bits per heavy atom. The summed E-state index contributed by atoms with van der Waals surface area (Å²) < 4.78 is 13.0. The number of hydrogen-bond acceptors (Lipinski definition) is 4. The monoisotopic (exact) mass is 360 g/mol. The van der Waals surface area contributed by atoms with Gasteiger partial charge in [0.15, 0.2) is 0 Å². The molecule has 5 nitrogen and oxygen atoms in total. The fraction of sp³-hybridized carbons (Fsp3) is 0.389. The highest BCUT2D eigenvalue weighted by molar-refractivity contribution is 6.28. The standard InChI is InChI=1S/C18H18ClFN4O/c1-9-8-21-18(19)24-16(9)22-14-7-15(13-6-12(13)14)23-17(25)10-2-4-11(20)5-3-10/h2-5,8,12-15H,6-7H2,1H3,(H,23,25)(H,21,22,24)/t12-,13+,14+,15-/m0/s1. The molecule has 1 aromatic carbocycles. The van der Waals surface area contributed by atoms with Crippen LogP contribution in [-0.2, 0) is 0 Å². The van der Waals surface area contributed by atoms with Crippen LogP contribution in [0.4, 0.5) is 10.2 Å². The number of carbonyl (C=O) groups is 1. The minimum atomic E-state index is -0.345. The molecule has 2 aliphatic carbocycles. The van der Waals surface area contributed by atoms with Crippen molar-refractivity contribution in [3.63, 3.8) is 0 Å². The summed E-state index contributed by atoms with van der Waals surface area (Å²) in [7, 11) is 0. The zero-order chi connectivity index (χ0) is 17.6. The molecular weight excluding hydrogens is 343 g/mol. The first-order chi connectivity index (χ1) is 12.0. The number of rotatable bonds is 4. The maximum atomic E-state index is 13.0. The third kappa shape index (κ3) is 3.31. The second kappa shape index (κ2) is 6.26. The van der Waals surface area contributed by atoms with Gasteiger partial charge in [-0.25, -0.2) is 14.4 Å². The Kier molecular flexibility index (Phi) is 4.07. The molecule has 1 amide bonds. The average molecular weight is 361 g/mol. The Hall–Kier alpha value is -2.21. The van der Waals surface area contributed by atoms with Crippen molar-refractivity contribution >= 4 is 23.3 Å². The van der Waals surface area contributed by atoms with E-state index in [4.69, 9.17) is 11.6 Å². The van der Waals surface area contributed by atoms with Crippen molar-refractivity contribution in [3.05, 3.63) is 52.7 Å². The summed E-state index contributed by atoms with van der Waals surface area (Å²) in [5.41, 5.74) is 1.42. The number of aromatic nitrogens is 2. The van der Waals surface area contributed by atoms with Crippen molar-refractivity contribution in [2.75, 3.05) is 5.32 Å². The molecule has 0 bridgehead atoms. The number of amides is 1. The lowest BCUT2D eigenvalue weighted by atomic mass is 10.1. The molecule has 2 fully saturated rings. The Morgan fingerprint density at radius 3 is 2.68 bits per heavy atom. The van der Waals surface area contributed by atoms with Crippen LogP contribution in [0, 0.1) is 24.6 Å². The SMILES string of the molecule is Cc1cnc(Cl)nc1N[C@@H]1C[C@H](NC(=O)c2ccc(F)cc2)[C@@H]2C[C@@H]21. The van der Waals surface area contributed by atoms with Gasteiger partial charge in [-0.1, -0.05) is 0 Å². The molecule has 2 aromatic rings. The summed E-state index contributed by atoms with van der Waals surface area (Å²) in [6, 6.07) is 5.99. The molecule has 2 saturated carbocycles. The third-order valence-corrected chi connectivity index (χ3v) is 5.30.